The molecule has 2 unspecified atom stereocenters. The van der Waals surface area contributed by atoms with E-state index in [1.165, 1.54) is 43.6 Å². The van der Waals surface area contributed by atoms with Gasteiger partial charge < -0.3 is 15.3 Å². The normalized spacial score (nSPS) is 18.8. The molecule has 1 aromatic carbocycles. The van der Waals surface area contributed by atoms with E-state index in [0.717, 1.165) is 10.8 Å². The monoisotopic (exact) mass is 518 g/mol. The Hall–Kier alpha value is -3.58. The van der Waals surface area contributed by atoms with E-state index in [1.54, 1.807) is 13.0 Å². The number of benzene rings is 1. The fourth-order valence-corrected chi connectivity index (χ4v) is 3.96. The topological polar surface area (TPSA) is 139 Å². The molecule has 10 nitrogen and oxygen atoms in total. The zero-order valence-electron chi connectivity index (χ0n) is 19.0. The SMILES string of the molecule is C/C=C/N=C(/C(F)=C/n1c(C)nc(C2CC2c2cnn(C(O)(O)O)n2)c(Cl)c1=O)c1ccccc1F. The number of aromatic nitrogens is 5. The molecule has 188 valence electrons. The summed E-state index contributed by atoms with van der Waals surface area (Å²) >= 11 is 6.31. The van der Waals surface area contributed by atoms with Gasteiger partial charge in [0.05, 0.1) is 23.8 Å². The van der Waals surface area contributed by atoms with Gasteiger partial charge in [-0.25, -0.2) is 13.8 Å². The van der Waals surface area contributed by atoms with Crippen molar-refractivity contribution in [1.29, 1.82) is 0 Å². The van der Waals surface area contributed by atoms with Crippen molar-refractivity contribution in [1.82, 2.24) is 24.5 Å². The molecule has 1 saturated carbocycles. The van der Waals surface area contributed by atoms with E-state index < -0.39 is 23.3 Å². The summed E-state index contributed by atoms with van der Waals surface area (Å²) in [5.41, 5.74) is -0.526. The number of aliphatic hydroxyl groups is 3. The van der Waals surface area contributed by atoms with Crippen molar-refractivity contribution in [3.05, 3.63) is 92.5 Å². The molecule has 1 aliphatic carbocycles. The summed E-state index contributed by atoms with van der Waals surface area (Å²) in [7, 11) is 0. The Bertz CT molecular complexity index is 1460. The van der Waals surface area contributed by atoms with Crippen molar-refractivity contribution >= 4 is 23.5 Å². The molecule has 0 spiro atoms. The second-order valence-corrected chi connectivity index (χ2v) is 8.44. The lowest BCUT2D eigenvalue weighted by Gasteiger charge is -2.11. The minimum absolute atomic E-state index is 0.0859. The molecule has 13 heteroatoms. The fourth-order valence-electron chi connectivity index (χ4n) is 3.69. The second kappa shape index (κ2) is 9.82. The summed E-state index contributed by atoms with van der Waals surface area (Å²) in [6, 6.07) is 5.54. The fraction of sp³-hybridized carbons (Fsp3) is 0.261. The van der Waals surface area contributed by atoms with Crippen molar-refractivity contribution in [3.8, 4) is 0 Å². The minimum Gasteiger partial charge on any atom is -0.323 e. The third-order valence-electron chi connectivity index (χ3n) is 5.51. The molecule has 1 fully saturated rings. The molecular weight excluding hydrogens is 498 g/mol. The second-order valence-electron chi connectivity index (χ2n) is 8.06. The molecule has 0 saturated heterocycles. The average Bonchev–Trinajstić information content (AvgIpc) is 3.44. The third-order valence-corrected chi connectivity index (χ3v) is 5.87. The highest BCUT2D eigenvalue weighted by Gasteiger charge is 2.45. The first-order chi connectivity index (χ1) is 17.0. The Labute approximate surface area is 208 Å². The van der Waals surface area contributed by atoms with Gasteiger partial charge in [0.2, 0.25) is 0 Å². The van der Waals surface area contributed by atoms with Crippen LogP contribution in [0.15, 0.2) is 58.4 Å². The Balaban J connectivity index is 1.67. The summed E-state index contributed by atoms with van der Waals surface area (Å²) < 4.78 is 30.6. The van der Waals surface area contributed by atoms with Gasteiger partial charge in [-0.3, -0.25) is 14.4 Å². The van der Waals surface area contributed by atoms with Crippen molar-refractivity contribution in [2.75, 3.05) is 0 Å². The number of hydrogen-bond acceptors (Lipinski definition) is 8. The molecule has 3 aromatic rings. The minimum atomic E-state index is -3.25. The molecule has 2 aromatic heterocycles. The van der Waals surface area contributed by atoms with Crippen molar-refractivity contribution in [2.24, 2.45) is 4.99 Å². The van der Waals surface area contributed by atoms with E-state index >= 15 is 4.39 Å². The van der Waals surface area contributed by atoms with Gasteiger partial charge in [0.1, 0.15) is 22.4 Å². The van der Waals surface area contributed by atoms with Crippen LogP contribution in [0.2, 0.25) is 5.02 Å². The van der Waals surface area contributed by atoms with Gasteiger partial charge in [-0.15, -0.1) is 0 Å². The lowest BCUT2D eigenvalue weighted by molar-refractivity contribution is -0.387. The van der Waals surface area contributed by atoms with Gasteiger partial charge >= 0.3 is 6.10 Å². The molecule has 36 heavy (non-hydrogen) atoms. The lowest BCUT2D eigenvalue weighted by atomic mass is 10.1. The number of hydrogen-bond donors (Lipinski definition) is 3. The first-order valence-corrected chi connectivity index (χ1v) is 11.1. The van der Waals surface area contributed by atoms with E-state index in [2.05, 4.69) is 20.2 Å². The molecule has 0 aliphatic heterocycles. The smallest absolute Gasteiger partial charge is 0.323 e. The summed E-state index contributed by atoms with van der Waals surface area (Å²) in [5.74, 6) is -2.14. The standard InChI is InChI=1S/C23H21ClF2N6O4/c1-3-8-27-20(13-6-4-5-7-16(13)25)17(26)11-31-12(2)29-21(19(24)22(31)33)15-9-14(15)18-10-28-32(30-18)23(34,35)36/h3-8,10-11,14-15,34-36H,9H2,1-2H3/b8-3+,17-11-,27-20+. The molecule has 0 amide bonds. The van der Waals surface area contributed by atoms with Crippen LogP contribution in [0, 0.1) is 12.7 Å². The molecule has 0 bridgehead atoms. The van der Waals surface area contributed by atoms with Crippen LogP contribution < -0.4 is 5.56 Å². The molecule has 4 rings (SSSR count). The van der Waals surface area contributed by atoms with E-state index in [0.29, 0.717) is 16.9 Å². The summed E-state index contributed by atoms with van der Waals surface area (Å²) in [4.78, 5) is 21.7. The first kappa shape index (κ1) is 25.5. The number of rotatable bonds is 7. The van der Waals surface area contributed by atoms with Crippen LogP contribution in [-0.4, -0.2) is 45.6 Å². The Morgan fingerprint density at radius 3 is 2.64 bits per heavy atom. The van der Waals surface area contributed by atoms with Crippen LogP contribution in [0.25, 0.3) is 6.20 Å². The molecule has 2 atom stereocenters. The van der Waals surface area contributed by atoms with Gasteiger partial charge in [0, 0.05) is 23.6 Å². The molecule has 0 radical (unpaired) electrons. The highest BCUT2D eigenvalue weighted by Crippen LogP contribution is 2.54. The van der Waals surface area contributed by atoms with Gasteiger partial charge in [-0.1, -0.05) is 34.6 Å². The third kappa shape index (κ3) is 5.02. The zero-order valence-corrected chi connectivity index (χ0v) is 19.8. The van der Waals surface area contributed by atoms with Crippen LogP contribution in [0.5, 0.6) is 0 Å². The predicted molar refractivity (Wildman–Crippen MR) is 126 cm³/mol. The van der Waals surface area contributed by atoms with Crippen LogP contribution in [-0.2, 0) is 6.10 Å². The highest BCUT2D eigenvalue weighted by molar-refractivity contribution is 6.31. The van der Waals surface area contributed by atoms with Crippen LogP contribution in [0.1, 0.15) is 48.0 Å². The van der Waals surface area contributed by atoms with Crippen molar-refractivity contribution in [2.45, 2.75) is 38.2 Å². The van der Waals surface area contributed by atoms with Gasteiger partial charge in [0.15, 0.2) is 5.83 Å². The largest absolute Gasteiger partial charge is 0.405 e. The molecule has 3 N–H and O–H groups in total. The summed E-state index contributed by atoms with van der Waals surface area (Å²) in [6.07, 6.45) is 2.19. The van der Waals surface area contributed by atoms with E-state index in [-0.39, 0.29) is 39.7 Å². The van der Waals surface area contributed by atoms with Crippen LogP contribution >= 0.6 is 11.6 Å². The predicted octanol–water partition coefficient (Wildman–Crippen LogP) is 2.54. The maximum Gasteiger partial charge on any atom is 0.405 e. The highest BCUT2D eigenvalue weighted by atomic mass is 35.5. The van der Waals surface area contributed by atoms with E-state index in [9.17, 15) is 24.5 Å². The van der Waals surface area contributed by atoms with Crippen molar-refractivity contribution in [3.63, 3.8) is 0 Å². The van der Waals surface area contributed by atoms with Crippen LogP contribution in [0.4, 0.5) is 8.78 Å². The lowest BCUT2D eigenvalue weighted by Crippen LogP contribution is -2.34. The molecule has 1 aliphatic rings. The van der Waals surface area contributed by atoms with E-state index in [1.807, 2.05) is 0 Å². The Kier molecular flexibility index (Phi) is 6.96. The first-order valence-electron chi connectivity index (χ1n) is 10.7. The van der Waals surface area contributed by atoms with Gasteiger partial charge in [-0.2, -0.15) is 10.2 Å². The number of aliphatic imine (C=N–C) groups is 1. The molecular formula is C23H21ClF2N6O4. The van der Waals surface area contributed by atoms with Crippen molar-refractivity contribution < 1.29 is 24.1 Å². The van der Waals surface area contributed by atoms with Crippen LogP contribution in [0.3, 0.4) is 0 Å². The zero-order chi connectivity index (χ0) is 26.2. The summed E-state index contributed by atoms with van der Waals surface area (Å²) in [5, 5.41) is 34.7. The Morgan fingerprint density at radius 2 is 2.00 bits per heavy atom. The number of halogens is 3. The van der Waals surface area contributed by atoms with E-state index in [4.69, 9.17) is 11.6 Å². The summed E-state index contributed by atoms with van der Waals surface area (Å²) in [6.45, 7) is 3.16. The maximum atomic E-state index is 15.3. The number of allylic oxidation sites excluding steroid dienone is 2. The number of aryl methyl sites for hydroxylation is 1. The number of nitrogens with zero attached hydrogens (tertiary/aromatic N) is 6. The quantitative estimate of drug-likeness (QED) is 0.322. The molecule has 2 heterocycles. The van der Waals surface area contributed by atoms with Gasteiger partial charge in [0.25, 0.3) is 5.56 Å². The average molecular weight is 519 g/mol. The van der Waals surface area contributed by atoms with Gasteiger partial charge in [-0.05, 0) is 32.4 Å². The Morgan fingerprint density at radius 1 is 1.28 bits per heavy atom. The maximum absolute atomic E-state index is 15.3.